The number of hydrogen-bond donors (Lipinski definition) is 2. The lowest BCUT2D eigenvalue weighted by molar-refractivity contribution is 0.478. The molecule has 0 saturated heterocycles. The molecule has 33 heavy (non-hydrogen) atoms. The highest BCUT2D eigenvalue weighted by Gasteiger charge is 2.17. The Balaban J connectivity index is 1.24. The third-order valence-corrected chi connectivity index (χ3v) is 7.26. The van der Waals surface area contributed by atoms with Crippen LogP contribution in [-0.4, -0.2) is 42.9 Å². The van der Waals surface area contributed by atoms with Gasteiger partial charge in [-0.15, -0.1) is 21.5 Å². The Labute approximate surface area is 201 Å². The van der Waals surface area contributed by atoms with Crippen LogP contribution < -0.4 is 0 Å². The number of aromatic nitrogens is 4. The van der Waals surface area contributed by atoms with Gasteiger partial charge in [0.05, 0.1) is 11.4 Å². The minimum absolute atomic E-state index is 0.308. The second kappa shape index (κ2) is 9.33. The fraction of sp³-hybridized carbons (Fsp3) is 0.240. The zero-order valence-corrected chi connectivity index (χ0v) is 19.8. The standard InChI is InChI=1S/C25H23N5OS2/c1-15(22-14-33-24(23(22)31)20-10-9-17-3-2-4-19(17)12-20)26-13-21(32)11-16-5-7-18(8-6-16)25-27-29-30-28-25/h5-10,12,14,31H,2-4,11,13H2,1H3,(H,27,28,29,30). The Bertz CT molecular complexity index is 1320. The lowest BCUT2D eigenvalue weighted by Gasteiger charge is -2.06. The molecule has 0 spiro atoms. The van der Waals surface area contributed by atoms with Crippen molar-refractivity contribution in [2.24, 2.45) is 4.99 Å². The van der Waals surface area contributed by atoms with E-state index in [4.69, 9.17) is 12.2 Å². The molecule has 2 heterocycles. The van der Waals surface area contributed by atoms with E-state index >= 15 is 0 Å². The number of tetrazole rings is 1. The quantitative estimate of drug-likeness (QED) is 0.284. The van der Waals surface area contributed by atoms with Crippen LogP contribution in [0.15, 0.2) is 52.8 Å². The molecular formula is C25H23N5OS2. The third kappa shape index (κ3) is 4.62. The average Bonchev–Trinajstić information content (AvgIpc) is 3.58. The summed E-state index contributed by atoms with van der Waals surface area (Å²) in [5.41, 5.74) is 7.51. The topological polar surface area (TPSA) is 87.0 Å². The van der Waals surface area contributed by atoms with E-state index in [2.05, 4.69) is 43.8 Å². The van der Waals surface area contributed by atoms with E-state index in [1.165, 1.54) is 17.5 Å². The Morgan fingerprint density at radius 2 is 1.91 bits per heavy atom. The molecule has 1 aliphatic carbocycles. The summed E-state index contributed by atoms with van der Waals surface area (Å²) >= 11 is 7.13. The number of rotatable bonds is 7. The molecule has 0 unspecified atom stereocenters. The van der Waals surface area contributed by atoms with Gasteiger partial charge in [-0.05, 0) is 59.7 Å². The van der Waals surface area contributed by atoms with Crippen molar-refractivity contribution in [1.82, 2.24) is 20.6 Å². The molecule has 1 aliphatic rings. The fourth-order valence-electron chi connectivity index (χ4n) is 4.16. The smallest absolute Gasteiger partial charge is 0.204 e. The molecule has 0 radical (unpaired) electrons. The summed E-state index contributed by atoms with van der Waals surface area (Å²) in [7, 11) is 0. The first-order valence-corrected chi connectivity index (χ1v) is 12.2. The number of aliphatic imine (C=N–C) groups is 1. The monoisotopic (exact) mass is 473 g/mol. The maximum Gasteiger partial charge on any atom is 0.204 e. The molecule has 0 aliphatic heterocycles. The van der Waals surface area contributed by atoms with Crippen molar-refractivity contribution in [3.05, 3.63) is 70.1 Å². The fourth-order valence-corrected chi connectivity index (χ4v) is 5.39. The highest BCUT2D eigenvalue weighted by molar-refractivity contribution is 7.80. The number of benzene rings is 2. The summed E-state index contributed by atoms with van der Waals surface area (Å²) in [4.78, 5) is 6.41. The summed E-state index contributed by atoms with van der Waals surface area (Å²) in [6.45, 7) is 2.37. The molecule has 0 amide bonds. The first-order chi connectivity index (χ1) is 16.1. The van der Waals surface area contributed by atoms with Crippen molar-refractivity contribution in [1.29, 1.82) is 0 Å². The summed E-state index contributed by atoms with van der Waals surface area (Å²) in [5.74, 6) is 0.876. The Morgan fingerprint density at radius 1 is 1.12 bits per heavy atom. The molecule has 0 fully saturated rings. The predicted molar refractivity (Wildman–Crippen MR) is 136 cm³/mol. The molecule has 5 rings (SSSR count). The van der Waals surface area contributed by atoms with E-state index < -0.39 is 0 Å². The molecule has 2 N–H and O–H groups in total. The van der Waals surface area contributed by atoms with Gasteiger partial charge >= 0.3 is 0 Å². The van der Waals surface area contributed by atoms with Crippen LogP contribution in [0.1, 0.15) is 35.6 Å². The third-order valence-electron chi connectivity index (χ3n) is 5.97. The van der Waals surface area contributed by atoms with Crippen LogP contribution in [0.5, 0.6) is 5.75 Å². The van der Waals surface area contributed by atoms with Gasteiger partial charge in [0.1, 0.15) is 5.75 Å². The van der Waals surface area contributed by atoms with E-state index in [9.17, 15) is 5.11 Å². The van der Waals surface area contributed by atoms with Crippen molar-refractivity contribution >= 4 is 34.1 Å². The lowest BCUT2D eigenvalue weighted by atomic mass is 10.0. The molecule has 0 bridgehead atoms. The number of nitrogens with one attached hydrogen (secondary N) is 1. The van der Waals surface area contributed by atoms with Gasteiger partial charge in [-0.2, -0.15) is 5.21 Å². The van der Waals surface area contributed by atoms with Gasteiger partial charge in [0.25, 0.3) is 0 Å². The van der Waals surface area contributed by atoms with Crippen LogP contribution in [0.4, 0.5) is 0 Å². The molecule has 0 saturated carbocycles. The summed E-state index contributed by atoms with van der Waals surface area (Å²) in [6.07, 6.45) is 4.16. The zero-order valence-electron chi connectivity index (χ0n) is 18.2. The van der Waals surface area contributed by atoms with Crippen LogP contribution in [-0.2, 0) is 19.3 Å². The van der Waals surface area contributed by atoms with Crippen molar-refractivity contribution in [2.75, 3.05) is 6.54 Å². The Morgan fingerprint density at radius 3 is 2.70 bits per heavy atom. The van der Waals surface area contributed by atoms with Gasteiger partial charge in [0.2, 0.25) is 5.82 Å². The largest absolute Gasteiger partial charge is 0.506 e. The second-order valence-electron chi connectivity index (χ2n) is 8.21. The van der Waals surface area contributed by atoms with E-state index in [1.807, 2.05) is 36.6 Å². The lowest BCUT2D eigenvalue weighted by Crippen LogP contribution is -2.06. The van der Waals surface area contributed by atoms with Gasteiger partial charge in [-0.3, -0.25) is 4.99 Å². The van der Waals surface area contributed by atoms with E-state index in [0.29, 0.717) is 24.5 Å². The summed E-state index contributed by atoms with van der Waals surface area (Å²) < 4.78 is 0. The van der Waals surface area contributed by atoms with Gasteiger partial charge < -0.3 is 5.11 Å². The summed E-state index contributed by atoms with van der Waals surface area (Å²) in [6, 6.07) is 14.5. The molecule has 6 nitrogen and oxygen atoms in total. The Kier molecular flexibility index (Phi) is 6.11. The highest BCUT2D eigenvalue weighted by atomic mass is 32.1. The van der Waals surface area contributed by atoms with Gasteiger partial charge in [-0.1, -0.05) is 48.6 Å². The molecule has 2 aromatic heterocycles. The first kappa shape index (κ1) is 21.6. The van der Waals surface area contributed by atoms with Crippen LogP contribution in [0.25, 0.3) is 21.8 Å². The zero-order chi connectivity index (χ0) is 22.8. The number of aromatic hydroxyl groups is 1. The molecule has 0 atom stereocenters. The SMILES string of the molecule is CC(=NCC(=S)Cc1ccc(-c2nn[nH]n2)cc1)c1csc(-c2ccc3c(c2)CCC3)c1O. The number of thiocarbonyl (C=S) groups is 1. The van der Waals surface area contributed by atoms with E-state index in [0.717, 1.165) is 50.5 Å². The van der Waals surface area contributed by atoms with Crippen LogP contribution >= 0.6 is 23.6 Å². The predicted octanol–water partition coefficient (Wildman–Crippen LogP) is 5.21. The van der Waals surface area contributed by atoms with Crippen LogP contribution in [0, 0.1) is 0 Å². The minimum Gasteiger partial charge on any atom is -0.506 e. The molecule has 4 aromatic rings. The molecule has 8 heteroatoms. The number of hydrogen-bond acceptors (Lipinski definition) is 7. The van der Waals surface area contributed by atoms with Crippen molar-refractivity contribution in [3.63, 3.8) is 0 Å². The minimum atomic E-state index is 0.308. The molecule has 166 valence electrons. The van der Waals surface area contributed by atoms with Crippen molar-refractivity contribution in [2.45, 2.75) is 32.6 Å². The Hall–Kier alpha value is -3.23. The second-order valence-corrected chi connectivity index (χ2v) is 9.67. The average molecular weight is 474 g/mol. The van der Waals surface area contributed by atoms with E-state index in [-0.39, 0.29) is 0 Å². The maximum atomic E-state index is 10.9. The van der Waals surface area contributed by atoms with E-state index in [1.54, 1.807) is 11.3 Å². The summed E-state index contributed by atoms with van der Waals surface area (Å²) in [5, 5.41) is 26.9. The molecule has 2 aromatic carbocycles. The number of nitrogens with zero attached hydrogens (tertiary/aromatic N) is 4. The number of thiophene rings is 1. The number of H-pyrrole nitrogens is 1. The van der Waals surface area contributed by atoms with Crippen molar-refractivity contribution < 1.29 is 5.11 Å². The van der Waals surface area contributed by atoms with Gasteiger partial charge in [-0.25, -0.2) is 0 Å². The van der Waals surface area contributed by atoms with Crippen LogP contribution in [0.3, 0.4) is 0 Å². The van der Waals surface area contributed by atoms with Crippen LogP contribution in [0.2, 0.25) is 0 Å². The normalized spacial score (nSPS) is 13.3. The number of aryl methyl sites for hydroxylation is 2. The first-order valence-electron chi connectivity index (χ1n) is 10.9. The van der Waals surface area contributed by atoms with Gasteiger partial charge in [0, 0.05) is 33.5 Å². The maximum absolute atomic E-state index is 10.9. The van der Waals surface area contributed by atoms with Gasteiger partial charge in [0.15, 0.2) is 0 Å². The number of fused-ring (bicyclic) bond motifs is 1. The number of aromatic amines is 1. The molecular weight excluding hydrogens is 450 g/mol. The highest BCUT2D eigenvalue weighted by Crippen LogP contribution is 2.40. The van der Waals surface area contributed by atoms with Crippen molar-refractivity contribution in [3.8, 4) is 27.6 Å².